The molecule has 0 spiro atoms. The van der Waals surface area contributed by atoms with Crippen molar-refractivity contribution >= 4 is 11.7 Å². The Morgan fingerprint density at radius 1 is 1.17 bits per heavy atom. The lowest BCUT2D eigenvalue weighted by Gasteiger charge is -2.09. The summed E-state index contributed by atoms with van der Waals surface area (Å²) in [5.74, 6) is 0.347. The van der Waals surface area contributed by atoms with Gasteiger partial charge < -0.3 is 16.2 Å². The maximum atomic E-state index is 11.2. The van der Waals surface area contributed by atoms with E-state index in [-0.39, 0.29) is 6.61 Å². The van der Waals surface area contributed by atoms with Crippen LogP contribution in [0.5, 0.6) is 5.75 Å². The number of hydrogen-bond acceptors (Lipinski definition) is 4. The average molecular weight is 243 g/mol. The predicted molar refractivity (Wildman–Crippen MR) is 67.9 cm³/mol. The minimum Gasteiger partial charge on any atom is -0.486 e. The highest BCUT2D eigenvalue weighted by molar-refractivity contribution is 5.95. The number of anilines is 1. The van der Waals surface area contributed by atoms with Crippen LogP contribution >= 0.6 is 0 Å². The monoisotopic (exact) mass is 243 g/mol. The molecule has 4 N–H and O–H groups in total. The number of nitrogen functional groups attached to an aromatic ring is 1. The molecule has 92 valence electrons. The van der Waals surface area contributed by atoms with Crippen molar-refractivity contribution in [2.45, 2.75) is 6.61 Å². The molecule has 5 nitrogen and oxygen atoms in total. The minimum atomic E-state index is -0.522. The summed E-state index contributed by atoms with van der Waals surface area (Å²) in [6.07, 6.45) is 0. The van der Waals surface area contributed by atoms with Crippen LogP contribution in [0.2, 0.25) is 0 Å². The van der Waals surface area contributed by atoms with Crippen molar-refractivity contribution < 1.29 is 9.53 Å². The molecule has 0 saturated heterocycles. The average Bonchev–Trinajstić information content (AvgIpc) is 2.37. The van der Waals surface area contributed by atoms with Crippen LogP contribution in [-0.4, -0.2) is 10.9 Å². The molecular formula is C13H13N3O2. The summed E-state index contributed by atoms with van der Waals surface area (Å²) >= 11 is 0. The first-order valence-corrected chi connectivity index (χ1v) is 5.40. The number of rotatable bonds is 4. The van der Waals surface area contributed by atoms with Crippen LogP contribution in [0.1, 0.15) is 16.1 Å². The summed E-state index contributed by atoms with van der Waals surface area (Å²) in [7, 11) is 0. The molecule has 0 saturated carbocycles. The smallest absolute Gasteiger partial charge is 0.252 e. The number of carbonyl (C=O) groups is 1. The Balaban J connectivity index is 2.13. The van der Waals surface area contributed by atoms with Crippen molar-refractivity contribution in [3.05, 3.63) is 53.7 Å². The molecule has 0 radical (unpaired) electrons. The second kappa shape index (κ2) is 5.18. The van der Waals surface area contributed by atoms with E-state index in [2.05, 4.69) is 4.98 Å². The van der Waals surface area contributed by atoms with Gasteiger partial charge in [-0.05, 0) is 24.3 Å². The van der Waals surface area contributed by atoms with Crippen LogP contribution in [0.3, 0.4) is 0 Å². The van der Waals surface area contributed by atoms with Gasteiger partial charge in [-0.3, -0.25) is 4.79 Å². The Morgan fingerprint density at radius 3 is 2.67 bits per heavy atom. The van der Waals surface area contributed by atoms with Gasteiger partial charge in [0.1, 0.15) is 18.2 Å². The first kappa shape index (κ1) is 11.9. The van der Waals surface area contributed by atoms with Gasteiger partial charge >= 0.3 is 0 Å². The van der Waals surface area contributed by atoms with Gasteiger partial charge in [-0.2, -0.15) is 0 Å². The van der Waals surface area contributed by atoms with Crippen molar-refractivity contribution in [3.63, 3.8) is 0 Å². The highest BCUT2D eigenvalue weighted by Crippen LogP contribution is 2.18. The molecule has 1 aromatic heterocycles. The number of carbonyl (C=O) groups excluding carboxylic acids is 1. The molecule has 0 unspecified atom stereocenters. The molecular weight excluding hydrogens is 230 g/mol. The van der Waals surface area contributed by atoms with E-state index in [4.69, 9.17) is 16.2 Å². The largest absolute Gasteiger partial charge is 0.486 e. The number of nitrogens with zero attached hydrogens (tertiary/aromatic N) is 1. The molecule has 18 heavy (non-hydrogen) atoms. The number of hydrogen-bond donors (Lipinski definition) is 2. The number of pyridine rings is 1. The fourth-order valence-corrected chi connectivity index (χ4v) is 1.53. The summed E-state index contributed by atoms with van der Waals surface area (Å²) in [5.41, 5.74) is 11.9. The molecule has 0 aliphatic heterocycles. The van der Waals surface area contributed by atoms with Crippen LogP contribution in [0, 0.1) is 0 Å². The van der Waals surface area contributed by atoms with Crippen LogP contribution in [0.25, 0.3) is 0 Å². The third-order valence-electron chi connectivity index (χ3n) is 2.36. The van der Waals surface area contributed by atoms with Gasteiger partial charge in [-0.15, -0.1) is 0 Å². The van der Waals surface area contributed by atoms with Gasteiger partial charge in [-0.25, -0.2) is 4.98 Å². The van der Waals surface area contributed by atoms with Gasteiger partial charge in [0, 0.05) is 0 Å². The maximum Gasteiger partial charge on any atom is 0.252 e. The lowest BCUT2D eigenvalue weighted by molar-refractivity contribution is 0.0996. The Labute approximate surface area is 104 Å². The number of amides is 1. The van der Waals surface area contributed by atoms with Crippen molar-refractivity contribution in [3.8, 4) is 5.75 Å². The normalized spacial score (nSPS) is 10.0. The van der Waals surface area contributed by atoms with Gasteiger partial charge in [0.25, 0.3) is 5.91 Å². The number of aromatic nitrogens is 1. The van der Waals surface area contributed by atoms with E-state index in [9.17, 15) is 4.79 Å². The first-order valence-electron chi connectivity index (χ1n) is 5.40. The van der Waals surface area contributed by atoms with E-state index < -0.39 is 5.91 Å². The molecule has 0 atom stereocenters. The third-order valence-corrected chi connectivity index (χ3v) is 2.36. The zero-order valence-corrected chi connectivity index (χ0v) is 9.67. The summed E-state index contributed by atoms with van der Waals surface area (Å²) in [5, 5.41) is 0. The number of nitrogens with two attached hydrogens (primary N) is 2. The number of ether oxygens (including phenoxy) is 1. The van der Waals surface area contributed by atoms with E-state index in [0.29, 0.717) is 22.8 Å². The Morgan fingerprint density at radius 2 is 1.94 bits per heavy atom. The fraction of sp³-hybridized carbons (Fsp3) is 0.0769. The molecule has 2 rings (SSSR count). The maximum absolute atomic E-state index is 11.2. The van der Waals surface area contributed by atoms with Crippen molar-refractivity contribution in [1.82, 2.24) is 4.98 Å². The molecule has 1 heterocycles. The quantitative estimate of drug-likeness (QED) is 0.847. The standard InChI is InChI=1S/C13H13N3O2/c14-12-7-3-4-9(16-12)8-18-11-6-2-1-5-10(11)13(15)17/h1-7H,8H2,(H2,14,16)(H2,15,17). The lowest BCUT2D eigenvalue weighted by atomic mass is 10.2. The number of para-hydroxylation sites is 1. The third kappa shape index (κ3) is 2.76. The number of benzene rings is 1. The molecule has 0 fully saturated rings. The van der Waals surface area contributed by atoms with Crippen molar-refractivity contribution in [2.75, 3.05) is 5.73 Å². The first-order chi connectivity index (χ1) is 8.66. The molecule has 0 aliphatic rings. The zero-order valence-electron chi connectivity index (χ0n) is 9.67. The minimum absolute atomic E-state index is 0.231. The molecule has 5 heteroatoms. The van der Waals surface area contributed by atoms with E-state index >= 15 is 0 Å². The summed E-state index contributed by atoms with van der Waals surface area (Å²) < 4.78 is 5.52. The SMILES string of the molecule is NC(=O)c1ccccc1OCc1cccc(N)n1. The molecule has 0 bridgehead atoms. The number of primary amides is 1. The van der Waals surface area contributed by atoms with Crippen molar-refractivity contribution in [1.29, 1.82) is 0 Å². The van der Waals surface area contributed by atoms with E-state index in [1.54, 1.807) is 42.5 Å². The molecule has 0 aliphatic carbocycles. The fourth-order valence-electron chi connectivity index (χ4n) is 1.53. The Kier molecular flexibility index (Phi) is 3.43. The highest BCUT2D eigenvalue weighted by atomic mass is 16.5. The van der Waals surface area contributed by atoms with E-state index in [1.807, 2.05) is 0 Å². The van der Waals surface area contributed by atoms with E-state index in [1.165, 1.54) is 0 Å². The van der Waals surface area contributed by atoms with Gasteiger partial charge in [-0.1, -0.05) is 18.2 Å². The van der Waals surface area contributed by atoms with E-state index in [0.717, 1.165) is 0 Å². The second-order valence-corrected chi connectivity index (χ2v) is 3.70. The zero-order chi connectivity index (χ0) is 13.0. The topological polar surface area (TPSA) is 91.2 Å². The van der Waals surface area contributed by atoms with Crippen LogP contribution < -0.4 is 16.2 Å². The van der Waals surface area contributed by atoms with Crippen LogP contribution in [0.4, 0.5) is 5.82 Å². The summed E-state index contributed by atoms with van der Waals surface area (Å²) in [6, 6.07) is 12.1. The van der Waals surface area contributed by atoms with Gasteiger partial charge in [0.15, 0.2) is 0 Å². The van der Waals surface area contributed by atoms with Crippen molar-refractivity contribution in [2.24, 2.45) is 5.73 Å². The van der Waals surface area contributed by atoms with Crippen LogP contribution in [0.15, 0.2) is 42.5 Å². The lowest BCUT2D eigenvalue weighted by Crippen LogP contribution is -2.13. The van der Waals surface area contributed by atoms with Gasteiger partial charge in [0.05, 0.1) is 11.3 Å². The highest BCUT2D eigenvalue weighted by Gasteiger charge is 2.08. The van der Waals surface area contributed by atoms with Crippen LogP contribution in [-0.2, 0) is 6.61 Å². The Hall–Kier alpha value is -2.56. The molecule has 1 amide bonds. The summed E-state index contributed by atoms with van der Waals surface area (Å²) in [4.78, 5) is 15.3. The summed E-state index contributed by atoms with van der Waals surface area (Å²) in [6.45, 7) is 0.231. The van der Waals surface area contributed by atoms with Gasteiger partial charge in [0.2, 0.25) is 0 Å². The molecule has 1 aromatic carbocycles. The predicted octanol–water partition coefficient (Wildman–Crippen LogP) is 1.34. The second-order valence-electron chi connectivity index (χ2n) is 3.70. The Bertz CT molecular complexity index is 570. The molecule has 2 aromatic rings.